The molecule has 0 radical (unpaired) electrons. The number of carbonyl (C=O) groups is 1. The van der Waals surface area contributed by atoms with Gasteiger partial charge in [0.15, 0.2) is 0 Å². The van der Waals surface area contributed by atoms with Crippen molar-refractivity contribution in [2.75, 3.05) is 0 Å². The summed E-state index contributed by atoms with van der Waals surface area (Å²) in [4.78, 5) is 15.9. The summed E-state index contributed by atoms with van der Waals surface area (Å²) in [6, 6.07) is 12.8. The van der Waals surface area contributed by atoms with E-state index in [1.807, 2.05) is 18.3 Å². The fourth-order valence-electron chi connectivity index (χ4n) is 5.56. The van der Waals surface area contributed by atoms with Crippen molar-refractivity contribution >= 4 is 5.97 Å². The standard InChI is InChI=1S/C29H40N2O3/c1-4-29(2,3)23-9-12-25(13-10-23)34-26-14-15-27(31-19-26)21-7-5-6-20(16-21)18-30-24-11-8-22(17-24)28(32)33/h5-7,14-16,19,22-25,30H,4,8-13,17-18H2,1-3H3,(H,32,33). The van der Waals surface area contributed by atoms with Crippen molar-refractivity contribution in [2.24, 2.45) is 17.3 Å². The molecule has 2 saturated carbocycles. The molecule has 0 bridgehead atoms. The van der Waals surface area contributed by atoms with Gasteiger partial charge in [0, 0.05) is 18.2 Å². The summed E-state index contributed by atoms with van der Waals surface area (Å²) in [6.45, 7) is 7.84. The summed E-state index contributed by atoms with van der Waals surface area (Å²) in [5.41, 5.74) is 3.64. The molecule has 184 valence electrons. The smallest absolute Gasteiger partial charge is 0.306 e. The predicted octanol–water partition coefficient (Wildman–Crippen LogP) is 6.47. The molecule has 0 amide bonds. The highest BCUT2D eigenvalue weighted by atomic mass is 16.5. The van der Waals surface area contributed by atoms with E-state index in [1.165, 1.54) is 24.8 Å². The molecule has 2 aromatic rings. The number of hydrogen-bond acceptors (Lipinski definition) is 4. The first-order valence-electron chi connectivity index (χ1n) is 13.0. The van der Waals surface area contributed by atoms with Crippen LogP contribution in [-0.2, 0) is 11.3 Å². The maximum absolute atomic E-state index is 11.2. The van der Waals surface area contributed by atoms with Gasteiger partial charge in [0.25, 0.3) is 0 Å². The number of aliphatic carboxylic acids is 1. The number of carboxylic acids is 1. The number of benzene rings is 1. The summed E-state index contributed by atoms with van der Waals surface area (Å²) in [5, 5.41) is 12.7. The van der Waals surface area contributed by atoms with Gasteiger partial charge in [-0.2, -0.15) is 0 Å². The van der Waals surface area contributed by atoms with E-state index in [1.54, 1.807) is 0 Å². The van der Waals surface area contributed by atoms with Gasteiger partial charge in [-0.1, -0.05) is 45.4 Å². The van der Waals surface area contributed by atoms with E-state index < -0.39 is 5.97 Å². The summed E-state index contributed by atoms with van der Waals surface area (Å²) in [6.07, 6.45) is 10.5. The molecule has 0 aliphatic heterocycles. The number of aromatic nitrogens is 1. The highest BCUT2D eigenvalue weighted by Gasteiger charge is 2.32. The number of nitrogens with zero attached hydrogens (tertiary/aromatic N) is 1. The zero-order chi connectivity index (χ0) is 24.1. The second-order valence-corrected chi connectivity index (χ2v) is 10.9. The van der Waals surface area contributed by atoms with Gasteiger partial charge in [0.1, 0.15) is 5.75 Å². The van der Waals surface area contributed by atoms with Crippen LogP contribution in [0.5, 0.6) is 5.75 Å². The third-order valence-corrected chi connectivity index (χ3v) is 8.33. The van der Waals surface area contributed by atoms with Crippen LogP contribution in [0, 0.1) is 17.3 Å². The number of hydrogen-bond donors (Lipinski definition) is 2. The molecule has 5 nitrogen and oxygen atoms in total. The van der Waals surface area contributed by atoms with E-state index in [9.17, 15) is 9.90 Å². The van der Waals surface area contributed by atoms with Gasteiger partial charge in [-0.3, -0.25) is 9.78 Å². The number of carboxylic acid groups (broad SMARTS) is 1. The monoisotopic (exact) mass is 464 g/mol. The van der Waals surface area contributed by atoms with Gasteiger partial charge in [0.2, 0.25) is 0 Å². The van der Waals surface area contributed by atoms with Gasteiger partial charge in [0.05, 0.1) is 23.9 Å². The Balaban J connectivity index is 1.29. The van der Waals surface area contributed by atoms with E-state index in [0.29, 0.717) is 11.5 Å². The quantitative estimate of drug-likeness (QED) is 0.445. The maximum atomic E-state index is 11.2. The molecule has 2 aliphatic rings. The van der Waals surface area contributed by atoms with Crippen LogP contribution in [0.4, 0.5) is 0 Å². The molecule has 1 heterocycles. The topological polar surface area (TPSA) is 71.5 Å². The summed E-state index contributed by atoms with van der Waals surface area (Å²) in [5.74, 6) is 0.783. The second kappa shape index (κ2) is 10.9. The lowest BCUT2D eigenvalue weighted by Gasteiger charge is -2.38. The fourth-order valence-corrected chi connectivity index (χ4v) is 5.56. The molecule has 2 fully saturated rings. The van der Waals surface area contributed by atoms with Gasteiger partial charge < -0.3 is 15.2 Å². The number of pyridine rings is 1. The maximum Gasteiger partial charge on any atom is 0.306 e. The Morgan fingerprint density at radius 1 is 1.12 bits per heavy atom. The average Bonchev–Trinajstić information content (AvgIpc) is 3.33. The first-order chi connectivity index (χ1) is 16.3. The molecule has 4 rings (SSSR count). The number of ether oxygens (including phenoxy) is 1. The lowest BCUT2D eigenvalue weighted by Crippen LogP contribution is -2.31. The molecule has 0 spiro atoms. The zero-order valence-electron chi connectivity index (χ0n) is 20.9. The van der Waals surface area contributed by atoms with Crippen LogP contribution in [0.3, 0.4) is 0 Å². The van der Waals surface area contributed by atoms with E-state index in [2.05, 4.69) is 55.3 Å². The molecule has 1 aromatic heterocycles. The first-order valence-corrected chi connectivity index (χ1v) is 13.0. The Labute approximate surface area is 204 Å². The van der Waals surface area contributed by atoms with Crippen LogP contribution in [0.25, 0.3) is 11.3 Å². The lowest BCUT2D eigenvalue weighted by molar-refractivity contribution is -0.141. The minimum atomic E-state index is -0.669. The van der Waals surface area contributed by atoms with Crippen LogP contribution in [0.2, 0.25) is 0 Å². The molecular formula is C29H40N2O3. The Kier molecular flexibility index (Phi) is 7.92. The molecule has 5 heteroatoms. The van der Waals surface area contributed by atoms with Crippen molar-refractivity contribution in [3.05, 3.63) is 48.2 Å². The summed E-state index contributed by atoms with van der Waals surface area (Å²) >= 11 is 0. The SMILES string of the molecule is CCC(C)(C)C1CCC(Oc2ccc(-c3cccc(CNC4CCC(C(=O)O)C4)c3)nc2)CC1. The van der Waals surface area contributed by atoms with Crippen molar-refractivity contribution in [2.45, 2.75) is 90.8 Å². The summed E-state index contributed by atoms with van der Waals surface area (Å²) < 4.78 is 6.27. The van der Waals surface area contributed by atoms with Crippen LogP contribution in [0.1, 0.15) is 77.7 Å². The van der Waals surface area contributed by atoms with Crippen LogP contribution in [-0.4, -0.2) is 28.2 Å². The number of nitrogens with one attached hydrogen (secondary N) is 1. The van der Waals surface area contributed by atoms with Crippen molar-refractivity contribution in [1.29, 1.82) is 0 Å². The molecule has 2 unspecified atom stereocenters. The van der Waals surface area contributed by atoms with Crippen molar-refractivity contribution in [1.82, 2.24) is 10.3 Å². The van der Waals surface area contributed by atoms with Crippen LogP contribution >= 0.6 is 0 Å². The van der Waals surface area contributed by atoms with Gasteiger partial charge in [-0.25, -0.2) is 0 Å². The van der Waals surface area contributed by atoms with Gasteiger partial charge >= 0.3 is 5.97 Å². The van der Waals surface area contributed by atoms with E-state index in [-0.39, 0.29) is 12.0 Å². The molecule has 2 aliphatic carbocycles. The lowest BCUT2D eigenvalue weighted by atomic mass is 9.69. The van der Waals surface area contributed by atoms with Crippen molar-refractivity contribution in [3.8, 4) is 17.0 Å². The third-order valence-electron chi connectivity index (χ3n) is 8.33. The molecule has 0 saturated heterocycles. The Morgan fingerprint density at radius 2 is 1.91 bits per heavy atom. The van der Waals surface area contributed by atoms with Crippen molar-refractivity contribution in [3.63, 3.8) is 0 Å². The van der Waals surface area contributed by atoms with E-state index in [4.69, 9.17) is 4.74 Å². The minimum absolute atomic E-state index is 0.202. The summed E-state index contributed by atoms with van der Waals surface area (Å²) in [7, 11) is 0. The van der Waals surface area contributed by atoms with Gasteiger partial charge in [-0.15, -0.1) is 0 Å². The van der Waals surface area contributed by atoms with Crippen LogP contribution < -0.4 is 10.1 Å². The second-order valence-electron chi connectivity index (χ2n) is 10.9. The average molecular weight is 465 g/mol. The third kappa shape index (κ3) is 6.18. The predicted molar refractivity (Wildman–Crippen MR) is 136 cm³/mol. The highest BCUT2D eigenvalue weighted by molar-refractivity contribution is 5.70. The zero-order valence-corrected chi connectivity index (χ0v) is 20.9. The highest BCUT2D eigenvalue weighted by Crippen LogP contribution is 2.41. The minimum Gasteiger partial charge on any atom is -0.489 e. The van der Waals surface area contributed by atoms with Gasteiger partial charge in [-0.05, 0) is 80.0 Å². The first kappa shape index (κ1) is 24.7. The Morgan fingerprint density at radius 3 is 2.56 bits per heavy atom. The van der Waals surface area contributed by atoms with E-state index >= 15 is 0 Å². The molecule has 1 aromatic carbocycles. The Hall–Kier alpha value is -2.40. The normalized spacial score (nSPS) is 25.3. The largest absolute Gasteiger partial charge is 0.489 e. The fraction of sp³-hybridized carbons (Fsp3) is 0.586. The molecule has 2 atom stereocenters. The Bertz CT molecular complexity index is 948. The van der Waals surface area contributed by atoms with E-state index in [0.717, 1.165) is 61.6 Å². The molecular weight excluding hydrogens is 424 g/mol. The number of rotatable bonds is 9. The molecule has 34 heavy (non-hydrogen) atoms. The molecule has 2 N–H and O–H groups in total. The van der Waals surface area contributed by atoms with Crippen LogP contribution in [0.15, 0.2) is 42.6 Å². The van der Waals surface area contributed by atoms with Crippen molar-refractivity contribution < 1.29 is 14.6 Å².